The highest BCUT2D eigenvalue weighted by molar-refractivity contribution is 5.69. The molecule has 0 saturated heterocycles. The van der Waals surface area contributed by atoms with E-state index >= 15 is 0 Å². The Balaban J connectivity index is 1.80. The predicted octanol–water partition coefficient (Wildman–Crippen LogP) is 3.22. The molecule has 2 aromatic carbocycles. The Kier molecular flexibility index (Phi) is 6.77. The molecule has 176 valence electrons. The zero-order chi connectivity index (χ0) is 24.2. The molecule has 1 heterocycles. The summed E-state index contributed by atoms with van der Waals surface area (Å²) < 4.78 is 2.29. The minimum atomic E-state index is -1.08. The molecule has 0 spiro atoms. The van der Waals surface area contributed by atoms with Gasteiger partial charge in [0, 0.05) is 6.54 Å². The van der Waals surface area contributed by atoms with Crippen molar-refractivity contribution in [3.8, 4) is 0 Å². The van der Waals surface area contributed by atoms with Crippen LogP contribution in [0.2, 0.25) is 0 Å². The molecular weight excluding hydrogens is 432 g/mol. The van der Waals surface area contributed by atoms with Gasteiger partial charge in [-0.1, -0.05) is 55.0 Å². The molecule has 8 heteroatoms. The summed E-state index contributed by atoms with van der Waals surface area (Å²) in [4.78, 5) is 44.6. The number of aromatic nitrogens is 3. The molecule has 1 aliphatic rings. The number of nitrogens with one attached hydrogen (secondary N) is 1. The number of benzene rings is 2. The van der Waals surface area contributed by atoms with Crippen LogP contribution in [0.5, 0.6) is 0 Å². The molecule has 0 fully saturated rings. The first-order valence-electron chi connectivity index (χ1n) is 11.4. The number of aliphatic carboxylic acids is 1. The Bertz CT molecular complexity index is 1410. The zero-order valence-corrected chi connectivity index (χ0v) is 19.3. The smallest absolute Gasteiger partial charge is 0.335 e. The molecule has 0 saturated carbocycles. The Hall–Kier alpha value is -3.94. The predicted molar refractivity (Wildman–Crippen MR) is 130 cm³/mol. The Morgan fingerprint density at radius 3 is 2.41 bits per heavy atom. The van der Waals surface area contributed by atoms with Crippen LogP contribution in [0.3, 0.4) is 0 Å². The quantitative estimate of drug-likeness (QED) is 0.564. The van der Waals surface area contributed by atoms with Gasteiger partial charge in [-0.25, -0.2) is 19.1 Å². The monoisotopic (exact) mass is 460 g/mol. The van der Waals surface area contributed by atoms with Gasteiger partial charge in [-0.05, 0) is 55.0 Å². The van der Waals surface area contributed by atoms with Crippen molar-refractivity contribution in [2.45, 2.75) is 46.2 Å². The number of carboxylic acids is 1. The SMILES string of the molecule is Cc1ccc(Cn2c(=O)n(C[C@H](C)C(=O)O)c(=O)[nH]/c2=N\c2ccc(C3=CCCC3)cc2)cc1. The molecule has 0 unspecified atom stereocenters. The molecule has 1 aromatic heterocycles. The minimum absolute atomic E-state index is 0.114. The van der Waals surface area contributed by atoms with Crippen molar-refractivity contribution in [3.05, 3.63) is 97.9 Å². The lowest BCUT2D eigenvalue weighted by Gasteiger charge is -2.13. The molecule has 8 nitrogen and oxygen atoms in total. The average molecular weight is 461 g/mol. The first-order valence-corrected chi connectivity index (χ1v) is 11.4. The Morgan fingerprint density at radius 1 is 1.09 bits per heavy atom. The van der Waals surface area contributed by atoms with E-state index in [2.05, 4.69) is 16.1 Å². The molecule has 34 heavy (non-hydrogen) atoms. The van der Waals surface area contributed by atoms with Crippen molar-refractivity contribution < 1.29 is 9.90 Å². The summed E-state index contributed by atoms with van der Waals surface area (Å²) in [6.07, 6.45) is 5.57. The molecule has 4 rings (SSSR count). The van der Waals surface area contributed by atoms with E-state index < -0.39 is 23.3 Å². The van der Waals surface area contributed by atoms with Crippen molar-refractivity contribution in [1.82, 2.24) is 14.1 Å². The van der Waals surface area contributed by atoms with Crippen LogP contribution in [0.1, 0.15) is 42.9 Å². The largest absolute Gasteiger partial charge is 0.481 e. The van der Waals surface area contributed by atoms with Crippen molar-refractivity contribution in [3.63, 3.8) is 0 Å². The highest BCUT2D eigenvalue weighted by atomic mass is 16.4. The number of hydrogen-bond acceptors (Lipinski definition) is 4. The lowest BCUT2D eigenvalue weighted by molar-refractivity contribution is -0.141. The third-order valence-corrected chi connectivity index (χ3v) is 6.03. The number of aromatic amines is 1. The molecule has 0 amide bonds. The molecular formula is C26H28N4O4. The fourth-order valence-electron chi connectivity index (χ4n) is 3.98. The second-order valence-corrected chi connectivity index (χ2v) is 8.74. The van der Waals surface area contributed by atoms with Gasteiger partial charge in [-0.3, -0.25) is 14.3 Å². The standard InChI is InChI=1S/C26H28N4O4/c1-17-7-9-19(10-8-17)16-29-24(28-25(33)30(26(29)34)15-18(2)23(31)32)27-22-13-11-21(12-14-22)20-5-3-4-6-20/h5,7-14,18H,3-4,6,15-16H2,1-2H3,(H,31,32)(H,27,28,33)/t18-/m0/s1. The fraction of sp³-hybridized carbons (Fsp3) is 0.308. The molecule has 3 aromatic rings. The lowest BCUT2D eigenvalue weighted by atomic mass is 10.1. The third kappa shape index (κ3) is 5.17. The molecule has 1 aliphatic carbocycles. The molecule has 1 atom stereocenters. The fourth-order valence-corrected chi connectivity index (χ4v) is 3.98. The lowest BCUT2D eigenvalue weighted by Crippen LogP contribution is -2.51. The first kappa shape index (κ1) is 23.2. The van der Waals surface area contributed by atoms with Gasteiger partial charge in [0.2, 0.25) is 5.62 Å². The van der Waals surface area contributed by atoms with Crippen LogP contribution in [-0.4, -0.2) is 25.2 Å². The van der Waals surface area contributed by atoms with Crippen molar-refractivity contribution >= 4 is 17.2 Å². The second-order valence-electron chi connectivity index (χ2n) is 8.74. The van der Waals surface area contributed by atoms with E-state index in [4.69, 9.17) is 0 Å². The second kappa shape index (κ2) is 9.91. The van der Waals surface area contributed by atoms with Crippen LogP contribution < -0.4 is 17.0 Å². The number of aryl methyl sites for hydroxylation is 1. The maximum atomic E-state index is 13.3. The molecule has 2 N–H and O–H groups in total. The maximum absolute atomic E-state index is 13.3. The highest BCUT2D eigenvalue weighted by Gasteiger charge is 2.17. The summed E-state index contributed by atoms with van der Waals surface area (Å²) in [5, 5.41) is 9.25. The normalized spacial score (nSPS) is 14.8. The van der Waals surface area contributed by atoms with Gasteiger partial charge in [0.25, 0.3) is 0 Å². The van der Waals surface area contributed by atoms with Crippen LogP contribution in [0.4, 0.5) is 5.69 Å². The van der Waals surface area contributed by atoms with Crippen LogP contribution in [0.25, 0.3) is 5.57 Å². The van der Waals surface area contributed by atoms with E-state index in [0.29, 0.717) is 5.69 Å². The summed E-state index contributed by atoms with van der Waals surface area (Å²) >= 11 is 0. The van der Waals surface area contributed by atoms with Gasteiger partial charge >= 0.3 is 17.3 Å². The van der Waals surface area contributed by atoms with E-state index in [-0.39, 0.29) is 18.7 Å². The number of carboxylic acid groups (broad SMARTS) is 1. The minimum Gasteiger partial charge on any atom is -0.481 e. The highest BCUT2D eigenvalue weighted by Crippen LogP contribution is 2.28. The van der Waals surface area contributed by atoms with Crippen molar-refractivity contribution in [2.75, 3.05) is 0 Å². The number of rotatable bonds is 7. The van der Waals surface area contributed by atoms with Gasteiger partial charge in [0.1, 0.15) is 0 Å². The van der Waals surface area contributed by atoms with Crippen LogP contribution >= 0.6 is 0 Å². The molecule has 0 bridgehead atoms. The van der Waals surface area contributed by atoms with Gasteiger partial charge in [-0.2, -0.15) is 0 Å². The summed E-state index contributed by atoms with van der Waals surface area (Å²) in [6, 6.07) is 15.4. The van der Waals surface area contributed by atoms with Crippen LogP contribution in [-0.2, 0) is 17.9 Å². The number of H-pyrrole nitrogens is 1. The van der Waals surface area contributed by atoms with E-state index in [9.17, 15) is 19.5 Å². The number of nitrogens with zero attached hydrogens (tertiary/aromatic N) is 3. The van der Waals surface area contributed by atoms with E-state index in [1.165, 1.54) is 23.5 Å². The average Bonchev–Trinajstić information content (AvgIpc) is 3.36. The van der Waals surface area contributed by atoms with Crippen LogP contribution in [0.15, 0.2) is 69.2 Å². The van der Waals surface area contributed by atoms with Gasteiger partial charge in [0.05, 0.1) is 18.2 Å². The number of carbonyl (C=O) groups is 1. The third-order valence-electron chi connectivity index (χ3n) is 6.03. The van der Waals surface area contributed by atoms with Crippen molar-refractivity contribution in [2.24, 2.45) is 10.9 Å². The number of hydrogen-bond donors (Lipinski definition) is 2. The molecule has 0 aliphatic heterocycles. The zero-order valence-electron chi connectivity index (χ0n) is 19.3. The summed E-state index contributed by atoms with van der Waals surface area (Å²) in [7, 11) is 0. The van der Waals surface area contributed by atoms with Crippen LogP contribution in [0, 0.1) is 12.8 Å². The number of allylic oxidation sites excluding steroid dienone is 2. The Morgan fingerprint density at radius 2 is 1.79 bits per heavy atom. The van der Waals surface area contributed by atoms with E-state index in [0.717, 1.165) is 34.1 Å². The van der Waals surface area contributed by atoms with E-state index in [1.807, 2.05) is 55.5 Å². The van der Waals surface area contributed by atoms with Gasteiger partial charge in [0.15, 0.2) is 0 Å². The van der Waals surface area contributed by atoms with Gasteiger partial charge < -0.3 is 5.11 Å². The molecule has 0 radical (unpaired) electrons. The first-order chi connectivity index (χ1) is 16.3. The maximum Gasteiger partial charge on any atom is 0.335 e. The van der Waals surface area contributed by atoms with E-state index in [1.54, 1.807) is 0 Å². The summed E-state index contributed by atoms with van der Waals surface area (Å²) in [6.45, 7) is 3.38. The summed E-state index contributed by atoms with van der Waals surface area (Å²) in [5.41, 5.74) is 3.84. The Labute approximate surface area is 196 Å². The van der Waals surface area contributed by atoms with Gasteiger partial charge in [-0.15, -0.1) is 0 Å². The topological polar surface area (TPSA) is 109 Å². The van der Waals surface area contributed by atoms with Crippen molar-refractivity contribution in [1.29, 1.82) is 0 Å². The summed E-state index contributed by atoms with van der Waals surface area (Å²) in [5.74, 6) is -1.98.